The molecule has 106 valence electrons. The van der Waals surface area contributed by atoms with Gasteiger partial charge in [-0.3, -0.25) is 0 Å². The second kappa shape index (κ2) is 6.60. The molecule has 0 heterocycles. The predicted octanol–water partition coefficient (Wildman–Crippen LogP) is 5.21. The molecule has 0 fully saturated rings. The number of nitriles is 1. The third kappa shape index (κ3) is 3.34. The number of benzene rings is 3. The van der Waals surface area contributed by atoms with Crippen molar-refractivity contribution in [2.24, 2.45) is 0 Å². The molecule has 0 radical (unpaired) electrons. The lowest BCUT2D eigenvalue weighted by molar-refractivity contribution is 0.482. The van der Waals surface area contributed by atoms with Gasteiger partial charge in [-0.1, -0.05) is 48.5 Å². The summed E-state index contributed by atoms with van der Waals surface area (Å²) in [7, 11) is 0. The van der Waals surface area contributed by atoms with Crippen molar-refractivity contribution in [3.8, 4) is 28.7 Å². The molecule has 3 rings (SSSR count). The van der Waals surface area contributed by atoms with Crippen molar-refractivity contribution < 1.29 is 4.74 Å². The number of hydrogen-bond donors (Lipinski definition) is 0. The van der Waals surface area contributed by atoms with Crippen molar-refractivity contribution in [2.75, 3.05) is 0 Å². The maximum absolute atomic E-state index is 8.97. The first-order valence-electron chi connectivity index (χ1n) is 7.14. The average Bonchev–Trinajstić information content (AvgIpc) is 2.57. The summed E-state index contributed by atoms with van der Waals surface area (Å²) < 4.78 is 5.92. The molecule has 0 bridgehead atoms. The highest BCUT2D eigenvalue weighted by atomic mass is 16.5. The molecule has 0 unspecified atom stereocenters. The van der Waals surface area contributed by atoms with Crippen LogP contribution in [0.1, 0.15) is 5.56 Å². The summed E-state index contributed by atoms with van der Waals surface area (Å²) in [5, 5.41) is 8.97. The highest BCUT2D eigenvalue weighted by Crippen LogP contribution is 2.29. The minimum atomic E-state index is 0.367. The van der Waals surface area contributed by atoms with Crippen LogP contribution in [0.15, 0.2) is 78.9 Å². The van der Waals surface area contributed by atoms with Gasteiger partial charge < -0.3 is 4.74 Å². The fraction of sp³-hybridized carbons (Fsp3) is 0.0500. The van der Waals surface area contributed by atoms with E-state index in [1.807, 2.05) is 66.7 Å². The Bertz CT molecular complexity index is 789. The zero-order valence-electron chi connectivity index (χ0n) is 12.1. The lowest BCUT2D eigenvalue weighted by Gasteiger charge is -2.10. The van der Waals surface area contributed by atoms with Gasteiger partial charge in [0.15, 0.2) is 0 Å². The third-order valence-electron chi connectivity index (χ3n) is 3.34. The van der Waals surface area contributed by atoms with Crippen LogP contribution in [0.25, 0.3) is 11.1 Å². The Morgan fingerprint density at radius 3 is 2.09 bits per heavy atom. The number of rotatable bonds is 4. The lowest BCUT2D eigenvalue weighted by Crippen LogP contribution is -1.89. The van der Waals surface area contributed by atoms with Gasteiger partial charge in [-0.15, -0.1) is 0 Å². The third-order valence-corrected chi connectivity index (χ3v) is 3.34. The highest BCUT2D eigenvalue weighted by Gasteiger charge is 2.05. The Balaban J connectivity index is 1.99. The number of hydrogen-bond acceptors (Lipinski definition) is 2. The van der Waals surface area contributed by atoms with Crippen LogP contribution in [0.2, 0.25) is 0 Å². The molecular weight excluding hydrogens is 270 g/mol. The standard InChI is InChI=1S/C20H15NO/c21-12-11-16-13-18(17-7-3-1-4-8-17)15-20(14-16)22-19-9-5-2-6-10-19/h1-10,13-15H,11H2. The van der Waals surface area contributed by atoms with Crippen LogP contribution >= 0.6 is 0 Å². The zero-order valence-corrected chi connectivity index (χ0v) is 12.1. The zero-order chi connectivity index (χ0) is 15.2. The second-order valence-corrected chi connectivity index (χ2v) is 4.98. The van der Waals surface area contributed by atoms with Gasteiger partial charge in [0.05, 0.1) is 12.5 Å². The molecule has 2 nitrogen and oxygen atoms in total. The van der Waals surface area contributed by atoms with Gasteiger partial charge in [-0.2, -0.15) is 5.26 Å². The normalized spacial score (nSPS) is 9.95. The van der Waals surface area contributed by atoms with Crippen LogP contribution in [0.4, 0.5) is 0 Å². The average molecular weight is 285 g/mol. The fourth-order valence-electron chi connectivity index (χ4n) is 2.33. The molecule has 22 heavy (non-hydrogen) atoms. The summed E-state index contributed by atoms with van der Waals surface area (Å²) in [6, 6.07) is 27.9. The Hall–Kier alpha value is -3.05. The molecule has 0 saturated carbocycles. The van der Waals surface area contributed by atoms with E-state index in [2.05, 4.69) is 18.2 Å². The van der Waals surface area contributed by atoms with Gasteiger partial charge >= 0.3 is 0 Å². The number of para-hydroxylation sites is 1. The van der Waals surface area contributed by atoms with Crippen molar-refractivity contribution in [3.63, 3.8) is 0 Å². The van der Waals surface area contributed by atoms with Gasteiger partial charge in [0, 0.05) is 0 Å². The summed E-state index contributed by atoms with van der Waals surface area (Å²) in [6.07, 6.45) is 0.367. The van der Waals surface area contributed by atoms with E-state index in [0.29, 0.717) is 6.42 Å². The Morgan fingerprint density at radius 2 is 1.41 bits per heavy atom. The van der Waals surface area contributed by atoms with E-state index >= 15 is 0 Å². The molecule has 0 spiro atoms. The first-order valence-corrected chi connectivity index (χ1v) is 7.14. The molecule has 0 aliphatic heterocycles. The molecule has 0 aromatic heterocycles. The van der Waals surface area contributed by atoms with E-state index in [4.69, 9.17) is 10.00 Å². The highest BCUT2D eigenvalue weighted by molar-refractivity contribution is 5.66. The molecule has 0 saturated heterocycles. The summed E-state index contributed by atoms with van der Waals surface area (Å²) in [6.45, 7) is 0. The van der Waals surface area contributed by atoms with E-state index in [9.17, 15) is 0 Å². The lowest BCUT2D eigenvalue weighted by atomic mass is 10.0. The number of ether oxygens (including phenoxy) is 1. The largest absolute Gasteiger partial charge is 0.457 e. The maximum Gasteiger partial charge on any atom is 0.128 e. The molecule has 0 N–H and O–H groups in total. The smallest absolute Gasteiger partial charge is 0.128 e. The molecule has 0 amide bonds. The first-order chi connectivity index (χ1) is 10.8. The molecule has 0 aliphatic rings. The molecule has 2 heteroatoms. The topological polar surface area (TPSA) is 33.0 Å². The van der Waals surface area contributed by atoms with Crippen LogP contribution in [0.5, 0.6) is 11.5 Å². The van der Waals surface area contributed by atoms with Gasteiger partial charge in [0.25, 0.3) is 0 Å². The second-order valence-electron chi connectivity index (χ2n) is 4.98. The van der Waals surface area contributed by atoms with Gasteiger partial charge in [-0.05, 0) is 47.0 Å². The molecule has 0 aliphatic carbocycles. The van der Waals surface area contributed by atoms with Gasteiger partial charge in [0.2, 0.25) is 0 Å². The van der Waals surface area contributed by atoms with E-state index in [1.54, 1.807) is 0 Å². The van der Waals surface area contributed by atoms with Crippen LogP contribution in [-0.2, 0) is 6.42 Å². The van der Waals surface area contributed by atoms with Crippen LogP contribution < -0.4 is 4.74 Å². The summed E-state index contributed by atoms with van der Waals surface area (Å²) in [4.78, 5) is 0. The van der Waals surface area contributed by atoms with Crippen LogP contribution in [0.3, 0.4) is 0 Å². The minimum Gasteiger partial charge on any atom is -0.457 e. The van der Waals surface area contributed by atoms with Gasteiger partial charge in [-0.25, -0.2) is 0 Å². The molecule has 3 aromatic rings. The maximum atomic E-state index is 8.97. The van der Waals surface area contributed by atoms with Crippen LogP contribution in [0, 0.1) is 11.3 Å². The molecular formula is C20H15NO. The Kier molecular flexibility index (Phi) is 4.17. The van der Waals surface area contributed by atoms with Gasteiger partial charge in [0.1, 0.15) is 11.5 Å². The van der Waals surface area contributed by atoms with Crippen molar-refractivity contribution in [2.45, 2.75) is 6.42 Å². The fourth-order valence-corrected chi connectivity index (χ4v) is 2.33. The van der Waals surface area contributed by atoms with E-state index in [-0.39, 0.29) is 0 Å². The molecule has 0 atom stereocenters. The first kappa shape index (κ1) is 13.9. The van der Waals surface area contributed by atoms with E-state index in [1.165, 1.54) is 0 Å². The van der Waals surface area contributed by atoms with E-state index < -0.39 is 0 Å². The number of nitrogens with zero attached hydrogens (tertiary/aromatic N) is 1. The summed E-state index contributed by atoms with van der Waals surface area (Å²) in [5.74, 6) is 1.54. The monoisotopic (exact) mass is 285 g/mol. The SMILES string of the molecule is N#CCc1cc(Oc2ccccc2)cc(-c2ccccc2)c1. The molecule has 3 aromatic carbocycles. The Morgan fingerprint density at radius 1 is 0.727 bits per heavy atom. The quantitative estimate of drug-likeness (QED) is 0.659. The summed E-state index contributed by atoms with van der Waals surface area (Å²) in [5.41, 5.74) is 3.12. The van der Waals surface area contributed by atoms with Crippen LogP contribution in [-0.4, -0.2) is 0 Å². The van der Waals surface area contributed by atoms with Crippen molar-refractivity contribution in [3.05, 3.63) is 84.4 Å². The van der Waals surface area contributed by atoms with E-state index in [0.717, 1.165) is 28.2 Å². The predicted molar refractivity (Wildman–Crippen MR) is 87.7 cm³/mol. The van der Waals surface area contributed by atoms with Crippen molar-refractivity contribution in [1.29, 1.82) is 5.26 Å². The minimum absolute atomic E-state index is 0.367. The summed E-state index contributed by atoms with van der Waals surface area (Å²) >= 11 is 0. The van der Waals surface area contributed by atoms with Crippen molar-refractivity contribution >= 4 is 0 Å². The van der Waals surface area contributed by atoms with Crippen molar-refractivity contribution in [1.82, 2.24) is 0 Å². The Labute approximate surface area is 130 Å².